The minimum atomic E-state index is -0.580. The fourth-order valence-electron chi connectivity index (χ4n) is 3.52. The molecule has 5 heteroatoms. The van der Waals surface area contributed by atoms with E-state index in [1.807, 2.05) is 74.7 Å². The maximum atomic E-state index is 13.2. The van der Waals surface area contributed by atoms with E-state index in [0.29, 0.717) is 11.3 Å². The first-order chi connectivity index (χ1) is 11.4. The summed E-state index contributed by atoms with van der Waals surface area (Å²) in [5.74, 6) is 0.127. The SMILES string of the molecule is Cc1nc2c3c(ccn2c1C)C(=O)C(C)(C)C(c1ccccc1)[N-]3.[Y]. The Morgan fingerprint density at radius 3 is 2.48 bits per heavy atom. The zero-order valence-corrected chi connectivity index (χ0v) is 17.8. The molecule has 1 unspecified atom stereocenters. The van der Waals surface area contributed by atoms with Crippen LogP contribution in [0.2, 0.25) is 0 Å². The third-order valence-corrected chi connectivity index (χ3v) is 5.13. The van der Waals surface area contributed by atoms with Gasteiger partial charge >= 0.3 is 0 Å². The molecule has 0 N–H and O–H groups in total. The number of carbonyl (C=O) groups is 1. The summed E-state index contributed by atoms with van der Waals surface area (Å²) < 4.78 is 2.02. The number of hydrogen-bond acceptors (Lipinski definition) is 2. The predicted molar refractivity (Wildman–Crippen MR) is 95.0 cm³/mol. The second-order valence-corrected chi connectivity index (χ2v) is 7.05. The van der Waals surface area contributed by atoms with Gasteiger partial charge in [-0.25, -0.2) is 4.98 Å². The van der Waals surface area contributed by atoms with Gasteiger partial charge in [-0.05, 0) is 19.9 Å². The first kappa shape index (κ1) is 18.3. The van der Waals surface area contributed by atoms with Crippen molar-refractivity contribution >= 4 is 17.1 Å². The summed E-state index contributed by atoms with van der Waals surface area (Å²) >= 11 is 0. The van der Waals surface area contributed by atoms with E-state index < -0.39 is 5.41 Å². The molecule has 125 valence electrons. The predicted octanol–water partition coefficient (Wildman–Crippen LogP) is 4.92. The number of pyridine rings is 1. The standard InChI is InChI=1S/C20H21N3O.Y/c1-12-13(2)23-11-10-15-16(19(23)21-12)22-17(20(3,4)18(15)24)14-8-6-5-7-9-14;/h5-11,17H,1-4H3,(H,22,24);/p-1. The molecule has 2 aromatic heterocycles. The molecule has 25 heavy (non-hydrogen) atoms. The van der Waals surface area contributed by atoms with Gasteiger partial charge < -0.3 is 9.72 Å². The molecule has 0 amide bonds. The van der Waals surface area contributed by atoms with Crippen molar-refractivity contribution in [3.05, 3.63) is 70.4 Å². The van der Waals surface area contributed by atoms with Gasteiger partial charge in [0.25, 0.3) is 0 Å². The molecule has 0 bridgehead atoms. The molecular weight excluding hydrogens is 387 g/mol. The molecule has 0 saturated heterocycles. The molecule has 1 aromatic carbocycles. The van der Waals surface area contributed by atoms with Crippen molar-refractivity contribution < 1.29 is 37.5 Å². The average molecular weight is 407 g/mol. The Kier molecular flexibility index (Phi) is 4.63. The molecule has 0 saturated carbocycles. The maximum absolute atomic E-state index is 13.2. The summed E-state index contributed by atoms with van der Waals surface area (Å²) in [5.41, 5.74) is 4.68. The Bertz CT molecular complexity index is 960. The van der Waals surface area contributed by atoms with Gasteiger partial charge in [-0.15, -0.1) is 0 Å². The number of fused-ring (bicyclic) bond motifs is 3. The van der Waals surface area contributed by atoms with Gasteiger partial charge in [0.05, 0.1) is 5.69 Å². The van der Waals surface area contributed by atoms with Gasteiger partial charge in [-0.1, -0.05) is 61.5 Å². The van der Waals surface area contributed by atoms with Crippen LogP contribution in [-0.4, -0.2) is 15.2 Å². The molecule has 0 spiro atoms. The maximum Gasteiger partial charge on any atom is 0.166 e. The summed E-state index contributed by atoms with van der Waals surface area (Å²) in [6, 6.07) is 11.7. The third kappa shape index (κ3) is 2.67. The van der Waals surface area contributed by atoms with Gasteiger partial charge in [0.15, 0.2) is 5.78 Å². The van der Waals surface area contributed by atoms with Crippen LogP contribution in [0.3, 0.4) is 0 Å². The van der Waals surface area contributed by atoms with Crippen molar-refractivity contribution in [2.75, 3.05) is 0 Å². The van der Waals surface area contributed by atoms with Crippen molar-refractivity contribution in [1.29, 1.82) is 0 Å². The van der Waals surface area contributed by atoms with Gasteiger partial charge in [0, 0.05) is 55.6 Å². The number of ketones is 1. The van der Waals surface area contributed by atoms with E-state index in [9.17, 15) is 4.79 Å². The molecule has 4 nitrogen and oxygen atoms in total. The summed E-state index contributed by atoms with van der Waals surface area (Å²) in [4.78, 5) is 17.8. The topological polar surface area (TPSA) is 48.5 Å². The number of Topliss-reactive ketones (excluding diaryl/α,β-unsaturated/α-hetero) is 1. The van der Waals surface area contributed by atoms with Crippen LogP contribution in [0.15, 0.2) is 42.6 Å². The second kappa shape index (κ2) is 6.33. The van der Waals surface area contributed by atoms with Crippen molar-refractivity contribution in [3.63, 3.8) is 0 Å². The number of carbonyl (C=O) groups excluding carboxylic acids is 1. The van der Waals surface area contributed by atoms with Gasteiger partial charge in [0.2, 0.25) is 0 Å². The van der Waals surface area contributed by atoms with Crippen LogP contribution in [0.5, 0.6) is 0 Å². The van der Waals surface area contributed by atoms with Crippen LogP contribution < -0.4 is 0 Å². The van der Waals surface area contributed by atoms with E-state index in [4.69, 9.17) is 5.32 Å². The number of rotatable bonds is 1. The molecule has 1 radical (unpaired) electrons. The Labute approximate surface area is 172 Å². The van der Waals surface area contributed by atoms with Crippen LogP contribution in [0.1, 0.15) is 47.2 Å². The number of nitrogens with zero attached hydrogens (tertiary/aromatic N) is 3. The Balaban J connectivity index is 0.00000182. The van der Waals surface area contributed by atoms with Gasteiger partial charge in [-0.3, -0.25) is 4.79 Å². The molecule has 1 atom stereocenters. The monoisotopic (exact) mass is 407 g/mol. The van der Waals surface area contributed by atoms with Crippen LogP contribution in [0.4, 0.5) is 5.69 Å². The van der Waals surface area contributed by atoms with Crippen molar-refractivity contribution in [3.8, 4) is 0 Å². The quantitative estimate of drug-likeness (QED) is 0.575. The summed E-state index contributed by atoms with van der Waals surface area (Å²) in [6.07, 6.45) is 1.93. The molecule has 0 fully saturated rings. The number of imidazole rings is 1. The van der Waals surface area contributed by atoms with Crippen molar-refractivity contribution in [2.45, 2.75) is 33.7 Å². The minimum absolute atomic E-state index is 0. The fourth-order valence-corrected chi connectivity index (χ4v) is 3.52. The fraction of sp³-hybridized carbons (Fsp3) is 0.300. The van der Waals surface area contributed by atoms with E-state index in [1.165, 1.54) is 0 Å². The van der Waals surface area contributed by atoms with E-state index >= 15 is 0 Å². The first-order valence-corrected chi connectivity index (χ1v) is 8.20. The van der Waals surface area contributed by atoms with E-state index in [1.54, 1.807) is 0 Å². The molecular formula is C20H20N3OY-. The largest absolute Gasteiger partial charge is 0.674 e. The normalized spacial score (nSPS) is 18.4. The number of hydrogen-bond donors (Lipinski definition) is 0. The van der Waals surface area contributed by atoms with Crippen molar-refractivity contribution in [1.82, 2.24) is 9.38 Å². The van der Waals surface area contributed by atoms with Crippen LogP contribution in [0, 0.1) is 19.3 Å². The van der Waals surface area contributed by atoms with Crippen molar-refractivity contribution in [2.24, 2.45) is 5.41 Å². The van der Waals surface area contributed by atoms with Crippen LogP contribution >= 0.6 is 0 Å². The third-order valence-electron chi connectivity index (χ3n) is 5.13. The zero-order chi connectivity index (χ0) is 17.1. The smallest absolute Gasteiger partial charge is 0.166 e. The van der Waals surface area contributed by atoms with Gasteiger partial charge in [0.1, 0.15) is 5.65 Å². The van der Waals surface area contributed by atoms with E-state index in [0.717, 1.165) is 22.6 Å². The number of aryl methyl sites for hydroxylation is 2. The van der Waals surface area contributed by atoms with Crippen LogP contribution in [-0.2, 0) is 32.7 Å². The summed E-state index contributed by atoms with van der Waals surface area (Å²) in [5, 5.41) is 5.00. The van der Waals surface area contributed by atoms with E-state index in [-0.39, 0.29) is 44.5 Å². The second-order valence-electron chi connectivity index (χ2n) is 7.05. The van der Waals surface area contributed by atoms with E-state index in [2.05, 4.69) is 4.98 Å². The number of benzene rings is 1. The summed E-state index contributed by atoms with van der Waals surface area (Å²) in [6.45, 7) is 7.97. The summed E-state index contributed by atoms with van der Waals surface area (Å²) in [7, 11) is 0. The zero-order valence-electron chi connectivity index (χ0n) is 14.9. The molecule has 3 heterocycles. The Morgan fingerprint density at radius 1 is 1.12 bits per heavy atom. The molecule has 0 aliphatic carbocycles. The van der Waals surface area contributed by atoms with Gasteiger partial charge in [-0.2, -0.15) is 0 Å². The Hall–Kier alpha value is -1.52. The first-order valence-electron chi connectivity index (χ1n) is 8.20. The average Bonchev–Trinajstić information content (AvgIpc) is 2.86. The molecule has 1 aliphatic rings. The van der Waals surface area contributed by atoms with Crippen LogP contribution in [0.25, 0.3) is 11.0 Å². The minimum Gasteiger partial charge on any atom is -0.674 e. The number of aromatic nitrogens is 2. The molecule has 1 aliphatic heterocycles. The molecule has 4 rings (SSSR count). The molecule has 3 aromatic rings. The Morgan fingerprint density at radius 2 is 1.80 bits per heavy atom.